The van der Waals surface area contributed by atoms with Gasteiger partial charge in [0, 0.05) is 21.3 Å². The highest BCUT2D eigenvalue weighted by atomic mass is 16.5. The van der Waals surface area contributed by atoms with Crippen LogP contribution in [0.4, 0.5) is 0 Å². The first-order valence-corrected chi connectivity index (χ1v) is 24.6. The standard InChI is InChI=1S/C18H34O.C17H32O.C15H28O/c1-3-4-5-6-15-7-9-16(10-8-15)17-11-13-18(19-2)14-12-17;1-3-4-5-14-6-8-15(9-7-14)16-10-12-17(18-2)13-11-16;1-3-12-4-6-13(7-5-12)14-8-10-15(16-2)11-9-14/h15-18H,3-14H2,1-2H3;14-17H,3-13H2,1-2H3;12-15H,3-11H2,1-2H3. The zero-order valence-electron chi connectivity index (χ0n) is 36.8. The molecule has 0 heterocycles. The van der Waals surface area contributed by atoms with Gasteiger partial charge < -0.3 is 14.2 Å². The summed E-state index contributed by atoms with van der Waals surface area (Å²) >= 11 is 0. The van der Waals surface area contributed by atoms with Crippen LogP contribution in [-0.2, 0) is 14.2 Å². The summed E-state index contributed by atoms with van der Waals surface area (Å²) < 4.78 is 16.4. The molecule has 0 unspecified atom stereocenters. The highest BCUT2D eigenvalue weighted by Gasteiger charge is 2.33. The van der Waals surface area contributed by atoms with Crippen molar-refractivity contribution >= 4 is 0 Å². The second kappa shape index (κ2) is 26.7. The molecule has 53 heavy (non-hydrogen) atoms. The lowest BCUT2D eigenvalue weighted by molar-refractivity contribution is 0.0390. The zero-order chi connectivity index (χ0) is 37.7. The maximum absolute atomic E-state index is 5.50. The normalized spacial score (nSPS) is 38.2. The first-order chi connectivity index (χ1) is 26.0. The topological polar surface area (TPSA) is 27.7 Å². The lowest BCUT2D eigenvalue weighted by Crippen LogP contribution is -2.28. The van der Waals surface area contributed by atoms with Gasteiger partial charge in [0.05, 0.1) is 18.3 Å². The van der Waals surface area contributed by atoms with Gasteiger partial charge in [-0.05, 0) is 169 Å². The van der Waals surface area contributed by atoms with Crippen molar-refractivity contribution < 1.29 is 14.2 Å². The van der Waals surface area contributed by atoms with E-state index in [1.54, 1.807) is 0 Å². The van der Waals surface area contributed by atoms with Crippen LogP contribution in [0.15, 0.2) is 0 Å². The fourth-order valence-electron chi connectivity index (χ4n) is 12.5. The minimum atomic E-state index is 0.571. The van der Waals surface area contributed by atoms with Crippen LogP contribution in [0.25, 0.3) is 0 Å². The Labute approximate surface area is 332 Å². The van der Waals surface area contributed by atoms with Crippen molar-refractivity contribution in [3.63, 3.8) is 0 Å². The monoisotopic (exact) mass is 743 g/mol. The van der Waals surface area contributed by atoms with Gasteiger partial charge in [0.1, 0.15) is 0 Å². The van der Waals surface area contributed by atoms with E-state index in [0.717, 1.165) is 53.3 Å². The van der Waals surface area contributed by atoms with Crippen LogP contribution < -0.4 is 0 Å². The van der Waals surface area contributed by atoms with E-state index in [-0.39, 0.29) is 0 Å². The highest BCUT2D eigenvalue weighted by molar-refractivity contribution is 4.84. The third kappa shape index (κ3) is 16.3. The van der Waals surface area contributed by atoms with Crippen LogP contribution >= 0.6 is 0 Å². The van der Waals surface area contributed by atoms with Crippen LogP contribution in [0.2, 0.25) is 0 Å². The third-order valence-electron chi connectivity index (χ3n) is 16.6. The lowest BCUT2D eigenvalue weighted by Gasteiger charge is -2.37. The molecule has 0 saturated heterocycles. The van der Waals surface area contributed by atoms with Crippen molar-refractivity contribution in [3.8, 4) is 0 Å². The van der Waals surface area contributed by atoms with Gasteiger partial charge in [0.2, 0.25) is 0 Å². The molecule has 3 heteroatoms. The van der Waals surface area contributed by atoms with Gasteiger partial charge in [-0.3, -0.25) is 0 Å². The maximum Gasteiger partial charge on any atom is 0.0571 e. The molecule has 6 aliphatic rings. The second-order valence-corrected chi connectivity index (χ2v) is 19.7. The summed E-state index contributed by atoms with van der Waals surface area (Å²) in [6.45, 7) is 6.99. The molecule has 0 radical (unpaired) electrons. The Kier molecular flexibility index (Phi) is 23.0. The van der Waals surface area contributed by atoms with E-state index in [1.165, 1.54) is 205 Å². The molecule has 0 N–H and O–H groups in total. The molecule has 3 nitrogen and oxygen atoms in total. The van der Waals surface area contributed by atoms with Crippen LogP contribution in [0, 0.1) is 53.3 Å². The summed E-state index contributed by atoms with van der Waals surface area (Å²) in [6.07, 6.45) is 48.0. The number of hydrogen-bond donors (Lipinski definition) is 0. The largest absolute Gasteiger partial charge is 0.381 e. The first-order valence-electron chi connectivity index (χ1n) is 24.6. The fraction of sp³-hybridized carbons (Fsp3) is 1.00. The Hall–Kier alpha value is -0.120. The van der Waals surface area contributed by atoms with Gasteiger partial charge in [-0.25, -0.2) is 0 Å². The van der Waals surface area contributed by atoms with Crippen molar-refractivity contribution in [1.82, 2.24) is 0 Å². The average Bonchev–Trinajstić information content (AvgIpc) is 3.24. The van der Waals surface area contributed by atoms with Crippen molar-refractivity contribution in [3.05, 3.63) is 0 Å². The SMILES string of the molecule is CCC1CCC(C2CCC(OC)CC2)CC1.CCCCC1CCC(C2CCC(OC)CC2)CC1.CCCCCC1CCC(C2CCC(OC)CC2)CC1. The van der Waals surface area contributed by atoms with Gasteiger partial charge in [-0.1, -0.05) is 111 Å². The zero-order valence-corrected chi connectivity index (χ0v) is 36.8. The number of hydrogen-bond acceptors (Lipinski definition) is 3. The maximum atomic E-state index is 5.50. The predicted octanol–water partition coefficient (Wildman–Crippen LogP) is 15.2. The molecule has 6 fully saturated rings. The van der Waals surface area contributed by atoms with E-state index in [1.807, 2.05) is 21.3 Å². The second-order valence-electron chi connectivity index (χ2n) is 19.7. The molecule has 0 aromatic rings. The van der Waals surface area contributed by atoms with Crippen molar-refractivity contribution in [1.29, 1.82) is 0 Å². The molecule has 6 rings (SSSR count). The van der Waals surface area contributed by atoms with Gasteiger partial charge in [0.25, 0.3) is 0 Å². The molecule has 0 bridgehead atoms. The van der Waals surface area contributed by atoms with Crippen LogP contribution in [0.5, 0.6) is 0 Å². The fourth-order valence-corrected chi connectivity index (χ4v) is 12.5. The van der Waals surface area contributed by atoms with Crippen LogP contribution in [-0.4, -0.2) is 39.6 Å². The first kappa shape index (κ1) is 45.6. The Morgan fingerprint density at radius 3 is 0.830 bits per heavy atom. The quantitative estimate of drug-likeness (QED) is 0.166. The van der Waals surface area contributed by atoms with E-state index >= 15 is 0 Å². The summed E-state index contributed by atoms with van der Waals surface area (Å²) in [7, 11) is 5.63. The molecular formula is C50H94O3. The molecule has 0 atom stereocenters. The molecule has 0 aromatic heterocycles. The molecule has 312 valence electrons. The third-order valence-corrected chi connectivity index (χ3v) is 16.6. The predicted molar refractivity (Wildman–Crippen MR) is 229 cm³/mol. The molecule has 0 spiro atoms. The van der Waals surface area contributed by atoms with Crippen LogP contribution in [0.1, 0.15) is 226 Å². The van der Waals surface area contributed by atoms with Gasteiger partial charge >= 0.3 is 0 Å². The average molecular weight is 743 g/mol. The van der Waals surface area contributed by atoms with E-state index in [9.17, 15) is 0 Å². The summed E-state index contributed by atoms with van der Waals surface area (Å²) in [5, 5.41) is 0. The minimum absolute atomic E-state index is 0.571. The number of methoxy groups -OCH3 is 3. The van der Waals surface area contributed by atoms with Crippen molar-refractivity contribution in [2.75, 3.05) is 21.3 Å². The molecule has 0 aromatic carbocycles. The minimum Gasteiger partial charge on any atom is -0.381 e. The molecular weight excluding hydrogens is 649 g/mol. The molecule has 0 aliphatic heterocycles. The van der Waals surface area contributed by atoms with Gasteiger partial charge in [0.15, 0.2) is 0 Å². The van der Waals surface area contributed by atoms with E-state index < -0.39 is 0 Å². The Morgan fingerprint density at radius 1 is 0.302 bits per heavy atom. The summed E-state index contributed by atoms with van der Waals surface area (Å²) in [6, 6.07) is 0. The smallest absolute Gasteiger partial charge is 0.0571 e. The molecule has 6 saturated carbocycles. The van der Waals surface area contributed by atoms with Crippen molar-refractivity contribution in [2.45, 2.75) is 245 Å². The number of unbranched alkanes of at least 4 members (excludes halogenated alkanes) is 3. The van der Waals surface area contributed by atoms with E-state index in [2.05, 4.69) is 20.8 Å². The van der Waals surface area contributed by atoms with Gasteiger partial charge in [-0.15, -0.1) is 0 Å². The van der Waals surface area contributed by atoms with Gasteiger partial charge in [-0.2, -0.15) is 0 Å². The Morgan fingerprint density at radius 2 is 0.566 bits per heavy atom. The Bertz CT molecular complexity index is 820. The van der Waals surface area contributed by atoms with Crippen molar-refractivity contribution in [2.24, 2.45) is 53.3 Å². The summed E-state index contributed by atoms with van der Waals surface area (Å²) in [4.78, 5) is 0. The number of rotatable bonds is 14. The van der Waals surface area contributed by atoms with Crippen LogP contribution in [0.3, 0.4) is 0 Å². The molecule has 0 amide bonds. The highest BCUT2D eigenvalue weighted by Crippen LogP contribution is 2.44. The van der Waals surface area contributed by atoms with E-state index in [4.69, 9.17) is 14.2 Å². The number of ether oxygens (including phenoxy) is 3. The summed E-state index contributed by atoms with van der Waals surface area (Å²) in [5.41, 5.74) is 0. The lowest BCUT2D eigenvalue weighted by atomic mass is 9.70. The summed E-state index contributed by atoms with van der Waals surface area (Å²) in [5.74, 6) is 9.44. The molecule has 6 aliphatic carbocycles. The van der Waals surface area contributed by atoms with E-state index in [0.29, 0.717) is 18.3 Å². The Balaban J connectivity index is 0.000000178.